The zero-order chi connectivity index (χ0) is 19.9. The van der Waals surface area contributed by atoms with Gasteiger partial charge in [0, 0.05) is 12.5 Å². The van der Waals surface area contributed by atoms with Crippen molar-refractivity contribution in [2.45, 2.75) is 31.3 Å². The molecule has 2 aromatic carbocycles. The molecular weight excluding hydrogens is 356 g/mol. The predicted molar refractivity (Wildman–Crippen MR) is 109 cm³/mol. The number of rotatable bonds is 8. The third-order valence-electron chi connectivity index (χ3n) is 4.62. The molecule has 5 N–H and O–H groups in total. The predicted octanol–water partition coefficient (Wildman–Crippen LogP) is 1.67. The number of anilines is 2. The molecule has 0 saturated heterocycles. The molecular formula is C21H26N4O3. The number of amides is 3. The Labute approximate surface area is 164 Å². The highest BCUT2D eigenvalue weighted by Gasteiger charge is 2.30. The molecule has 0 bridgehead atoms. The summed E-state index contributed by atoms with van der Waals surface area (Å²) in [6, 6.07) is 15.5. The van der Waals surface area contributed by atoms with Crippen molar-refractivity contribution in [3.8, 4) is 0 Å². The fraction of sp³-hybridized carbons (Fsp3) is 0.333. The van der Waals surface area contributed by atoms with Crippen molar-refractivity contribution in [3.05, 3.63) is 60.2 Å². The molecule has 0 spiro atoms. The molecule has 3 rings (SSSR count). The van der Waals surface area contributed by atoms with Crippen LogP contribution in [0.25, 0.3) is 0 Å². The van der Waals surface area contributed by atoms with Crippen LogP contribution in [0.3, 0.4) is 0 Å². The molecule has 1 fully saturated rings. The van der Waals surface area contributed by atoms with Crippen LogP contribution in [0.5, 0.6) is 0 Å². The summed E-state index contributed by atoms with van der Waals surface area (Å²) in [5.41, 5.74) is 7.87. The second-order valence-electron chi connectivity index (χ2n) is 6.91. The summed E-state index contributed by atoms with van der Waals surface area (Å²) in [6.07, 6.45) is 2.31. The van der Waals surface area contributed by atoms with Crippen molar-refractivity contribution in [2.24, 2.45) is 0 Å². The second kappa shape index (κ2) is 9.23. The van der Waals surface area contributed by atoms with E-state index in [2.05, 4.69) is 10.6 Å². The zero-order valence-electron chi connectivity index (χ0n) is 15.7. The number of para-hydroxylation sites is 2. The lowest BCUT2D eigenvalue weighted by Gasteiger charge is -2.27. The number of carbonyl (C=O) groups is 2. The SMILES string of the molecule is Nc1ccccc1N(CCO)C(=O)N[C@H](Cc1ccccc1)C(=O)NC1CC1. The first-order chi connectivity index (χ1) is 13.6. The molecule has 2 aromatic rings. The molecule has 1 aliphatic carbocycles. The molecule has 0 aromatic heterocycles. The van der Waals surface area contributed by atoms with E-state index in [4.69, 9.17) is 5.73 Å². The van der Waals surface area contributed by atoms with Gasteiger partial charge in [-0.15, -0.1) is 0 Å². The normalized spacial score (nSPS) is 14.2. The lowest BCUT2D eigenvalue weighted by molar-refractivity contribution is -0.123. The van der Waals surface area contributed by atoms with Crippen LogP contribution in [0.15, 0.2) is 54.6 Å². The highest BCUT2D eigenvalue weighted by Crippen LogP contribution is 2.23. The Kier molecular flexibility index (Phi) is 6.49. The number of nitrogens with zero attached hydrogens (tertiary/aromatic N) is 1. The van der Waals surface area contributed by atoms with Gasteiger partial charge in [-0.3, -0.25) is 9.69 Å². The van der Waals surface area contributed by atoms with Crippen molar-refractivity contribution in [2.75, 3.05) is 23.8 Å². The summed E-state index contributed by atoms with van der Waals surface area (Å²) in [4.78, 5) is 27.0. The molecule has 1 aliphatic rings. The topological polar surface area (TPSA) is 108 Å². The smallest absolute Gasteiger partial charge is 0.322 e. The van der Waals surface area contributed by atoms with E-state index in [1.807, 2.05) is 30.3 Å². The average molecular weight is 382 g/mol. The van der Waals surface area contributed by atoms with Crippen LogP contribution in [0.4, 0.5) is 16.2 Å². The van der Waals surface area contributed by atoms with Gasteiger partial charge in [-0.1, -0.05) is 42.5 Å². The van der Waals surface area contributed by atoms with Crippen molar-refractivity contribution in [1.29, 1.82) is 0 Å². The van der Waals surface area contributed by atoms with Crippen LogP contribution < -0.4 is 21.3 Å². The first-order valence-electron chi connectivity index (χ1n) is 9.46. The van der Waals surface area contributed by atoms with Crippen molar-refractivity contribution >= 4 is 23.3 Å². The van der Waals surface area contributed by atoms with Gasteiger partial charge in [-0.25, -0.2) is 4.79 Å². The lowest BCUT2D eigenvalue weighted by atomic mass is 10.1. The molecule has 0 heterocycles. The van der Waals surface area contributed by atoms with Crippen LogP contribution in [0, 0.1) is 0 Å². The summed E-state index contributed by atoms with van der Waals surface area (Å²) in [7, 11) is 0. The maximum atomic E-state index is 13.0. The highest BCUT2D eigenvalue weighted by atomic mass is 16.3. The molecule has 7 heteroatoms. The number of benzene rings is 2. The number of nitrogens with one attached hydrogen (secondary N) is 2. The Morgan fingerprint density at radius 3 is 2.43 bits per heavy atom. The van der Waals surface area contributed by atoms with E-state index in [-0.39, 0.29) is 25.1 Å². The van der Waals surface area contributed by atoms with Gasteiger partial charge in [0.1, 0.15) is 6.04 Å². The first-order valence-corrected chi connectivity index (χ1v) is 9.46. The zero-order valence-corrected chi connectivity index (χ0v) is 15.7. The number of aliphatic hydroxyl groups is 1. The maximum Gasteiger partial charge on any atom is 0.322 e. The molecule has 1 saturated carbocycles. The molecule has 7 nitrogen and oxygen atoms in total. The Balaban J connectivity index is 1.77. The Hall–Kier alpha value is -3.06. The summed E-state index contributed by atoms with van der Waals surface area (Å²) >= 11 is 0. The Bertz CT molecular complexity index is 808. The van der Waals surface area contributed by atoms with Crippen LogP contribution in [0.1, 0.15) is 18.4 Å². The van der Waals surface area contributed by atoms with E-state index in [9.17, 15) is 14.7 Å². The molecule has 148 valence electrons. The second-order valence-corrected chi connectivity index (χ2v) is 6.91. The third-order valence-corrected chi connectivity index (χ3v) is 4.62. The van der Waals surface area contributed by atoms with Crippen molar-refractivity contribution in [3.63, 3.8) is 0 Å². The van der Waals surface area contributed by atoms with Gasteiger partial charge in [0.2, 0.25) is 5.91 Å². The first kappa shape index (κ1) is 19.7. The summed E-state index contributed by atoms with van der Waals surface area (Å²) in [6.45, 7) is -0.151. The molecule has 1 atom stereocenters. The van der Waals surface area contributed by atoms with E-state index in [0.717, 1.165) is 18.4 Å². The minimum Gasteiger partial charge on any atom is -0.397 e. The summed E-state index contributed by atoms with van der Waals surface area (Å²) in [5, 5.41) is 15.2. The Morgan fingerprint density at radius 1 is 1.11 bits per heavy atom. The number of aliphatic hydroxyl groups excluding tert-OH is 1. The maximum absolute atomic E-state index is 13.0. The van der Waals surface area contributed by atoms with Gasteiger partial charge in [0.05, 0.1) is 24.5 Å². The van der Waals surface area contributed by atoms with E-state index in [1.165, 1.54) is 4.90 Å². The molecule has 3 amide bonds. The van der Waals surface area contributed by atoms with Crippen molar-refractivity contribution in [1.82, 2.24) is 10.6 Å². The minimum absolute atomic E-state index is 0.0718. The number of nitrogen functional groups attached to an aromatic ring is 1. The minimum atomic E-state index is -0.721. The number of hydrogen-bond acceptors (Lipinski definition) is 4. The average Bonchev–Trinajstić information content (AvgIpc) is 3.51. The Morgan fingerprint density at radius 2 is 1.79 bits per heavy atom. The van der Waals surface area contributed by atoms with Gasteiger partial charge in [-0.2, -0.15) is 0 Å². The number of carbonyl (C=O) groups excluding carboxylic acids is 2. The largest absolute Gasteiger partial charge is 0.397 e. The molecule has 0 unspecified atom stereocenters. The standard InChI is InChI=1S/C21H26N4O3/c22-17-8-4-5-9-19(17)25(12-13-26)21(28)24-18(20(27)23-16-10-11-16)14-15-6-2-1-3-7-15/h1-9,16,18,26H,10-14,22H2,(H,23,27)(H,24,28)/t18-/m1/s1. The number of urea groups is 1. The fourth-order valence-corrected chi connectivity index (χ4v) is 2.98. The van der Waals surface area contributed by atoms with Crippen LogP contribution in [-0.2, 0) is 11.2 Å². The quantitative estimate of drug-likeness (QED) is 0.521. The molecule has 0 radical (unpaired) electrons. The highest BCUT2D eigenvalue weighted by molar-refractivity contribution is 5.98. The van der Waals surface area contributed by atoms with Crippen LogP contribution in [0.2, 0.25) is 0 Å². The summed E-state index contributed by atoms with van der Waals surface area (Å²) in [5.74, 6) is -0.204. The monoisotopic (exact) mass is 382 g/mol. The van der Waals surface area contributed by atoms with E-state index >= 15 is 0 Å². The number of nitrogens with two attached hydrogens (primary N) is 1. The van der Waals surface area contributed by atoms with Gasteiger partial charge >= 0.3 is 6.03 Å². The fourth-order valence-electron chi connectivity index (χ4n) is 2.98. The third kappa shape index (κ3) is 5.23. The molecule has 0 aliphatic heterocycles. The van der Waals surface area contributed by atoms with Crippen molar-refractivity contribution < 1.29 is 14.7 Å². The van der Waals surface area contributed by atoms with Gasteiger partial charge < -0.3 is 21.5 Å². The van der Waals surface area contributed by atoms with Crippen LogP contribution >= 0.6 is 0 Å². The van der Waals surface area contributed by atoms with E-state index in [0.29, 0.717) is 17.8 Å². The number of hydrogen-bond donors (Lipinski definition) is 4. The molecule has 28 heavy (non-hydrogen) atoms. The van der Waals surface area contributed by atoms with Gasteiger partial charge in [0.15, 0.2) is 0 Å². The van der Waals surface area contributed by atoms with Crippen LogP contribution in [-0.4, -0.2) is 42.3 Å². The van der Waals surface area contributed by atoms with E-state index < -0.39 is 12.1 Å². The lowest BCUT2D eigenvalue weighted by Crippen LogP contribution is -2.53. The summed E-state index contributed by atoms with van der Waals surface area (Å²) < 4.78 is 0. The van der Waals surface area contributed by atoms with Gasteiger partial charge in [-0.05, 0) is 30.5 Å². The van der Waals surface area contributed by atoms with E-state index in [1.54, 1.807) is 24.3 Å². The van der Waals surface area contributed by atoms with Gasteiger partial charge in [0.25, 0.3) is 0 Å².